The van der Waals surface area contributed by atoms with Gasteiger partial charge in [0.1, 0.15) is 5.82 Å². The van der Waals surface area contributed by atoms with E-state index in [2.05, 4.69) is 10.2 Å². The molecule has 0 aromatic heterocycles. The first kappa shape index (κ1) is 22.8. The Kier molecular flexibility index (Phi) is 10.7. The molecule has 2 aliphatic heterocycles. The van der Waals surface area contributed by atoms with E-state index in [1.165, 1.54) is 63.7 Å². The van der Waals surface area contributed by atoms with Crippen molar-refractivity contribution in [1.82, 2.24) is 5.32 Å². The molecule has 0 radical (unpaired) electrons. The highest BCUT2D eigenvalue weighted by atomic mass is 19.1. The molecule has 2 heterocycles. The molecule has 29 heavy (non-hydrogen) atoms. The smallest absolute Gasteiger partial charge is 0.152 e. The van der Waals surface area contributed by atoms with E-state index in [0.717, 1.165) is 30.6 Å². The molecule has 4 rings (SSSR count). The van der Waals surface area contributed by atoms with E-state index in [1.54, 1.807) is 12.1 Å². The third kappa shape index (κ3) is 8.16. The number of hydrogen-bond acceptors (Lipinski definition) is 4. The van der Waals surface area contributed by atoms with Gasteiger partial charge in [-0.05, 0) is 69.5 Å². The van der Waals surface area contributed by atoms with Gasteiger partial charge in [-0.25, -0.2) is 4.39 Å². The first-order valence-electron chi connectivity index (χ1n) is 10.5. The highest BCUT2D eigenvalue weighted by molar-refractivity contribution is 5.84. The number of carbonyl (C=O) groups excluding carboxylic acids is 2. The molecule has 0 unspecified atom stereocenters. The Bertz CT molecular complexity index is 730. The zero-order valence-electron chi connectivity index (χ0n) is 17.0. The number of benzene rings is 2. The molecule has 0 atom stereocenters. The highest BCUT2D eigenvalue weighted by Gasteiger charge is 2.13. The summed E-state index contributed by atoms with van der Waals surface area (Å²) < 4.78 is 12.4. The minimum atomic E-state index is -0.465. The number of nitrogens with one attached hydrogen (secondary N) is 1. The molecule has 0 aliphatic carbocycles. The SMILES string of the molecule is C1CCNCC1.O=Cc1ccccc1F.O=Cc1ccccc1N1CCCCC1. The predicted octanol–water partition coefficient (Wildman–Crippen LogP) is 4.89. The topological polar surface area (TPSA) is 49.4 Å². The molecule has 2 aromatic carbocycles. The van der Waals surface area contributed by atoms with Gasteiger partial charge in [0.2, 0.25) is 0 Å². The van der Waals surface area contributed by atoms with Crippen LogP contribution in [0.3, 0.4) is 0 Å². The Morgan fingerprint density at radius 3 is 1.76 bits per heavy atom. The predicted molar refractivity (Wildman–Crippen MR) is 116 cm³/mol. The van der Waals surface area contributed by atoms with Crippen molar-refractivity contribution < 1.29 is 14.0 Å². The maximum Gasteiger partial charge on any atom is 0.152 e. The largest absolute Gasteiger partial charge is 0.371 e. The fourth-order valence-electron chi connectivity index (χ4n) is 3.38. The minimum Gasteiger partial charge on any atom is -0.371 e. The molecule has 0 spiro atoms. The average Bonchev–Trinajstić information content (AvgIpc) is 2.82. The van der Waals surface area contributed by atoms with Gasteiger partial charge >= 0.3 is 0 Å². The number of piperidine rings is 2. The van der Waals surface area contributed by atoms with E-state index in [0.29, 0.717) is 6.29 Å². The van der Waals surface area contributed by atoms with E-state index in [-0.39, 0.29) is 5.56 Å². The molecule has 156 valence electrons. The van der Waals surface area contributed by atoms with E-state index in [9.17, 15) is 14.0 Å². The van der Waals surface area contributed by atoms with Crippen LogP contribution in [0.15, 0.2) is 48.5 Å². The molecule has 2 aromatic rings. The first-order chi connectivity index (χ1) is 14.3. The summed E-state index contributed by atoms with van der Waals surface area (Å²) in [6.07, 6.45) is 9.46. The number of hydrogen-bond donors (Lipinski definition) is 1. The van der Waals surface area contributed by atoms with E-state index >= 15 is 0 Å². The lowest BCUT2D eigenvalue weighted by molar-refractivity contribution is 0.111. The van der Waals surface area contributed by atoms with Crippen molar-refractivity contribution in [3.63, 3.8) is 0 Å². The molecule has 5 heteroatoms. The van der Waals surface area contributed by atoms with Crippen molar-refractivity contribution in [3.8, 4) is 0 Å². The normalized spacial score (nSPS) is 15.8. The molecule has 0 saturated carbocycles. The van der Waals surface area contributed by atoms with E-state index in [1.807, 2.05) is 24.3 Å². The van der Waals surface area contributed by atoms with Crippen LogP contribution in [0.1, 0.15) is 59.2 Å². The number of halogens is 1. The number of carbonyl (C=O) groups is 2. The zero-order chi connectivity index (χ0) is 20.7. The summed E-state index contributed by atoms with van der Waals surface area (Å²) in [6.45, 7) is 4.68. The van der Waals surface area contributed by atoms with Crippen LogP contribution < -0.4 is 10.2 Å². The summed E-state index contributed by atoms with van der Waals surface area (Å²) in [5.74, 6) is -0.465. The second-order valence-corrected chi connectivity index (χ2v) is 7.17. The quantitative estimate of drug-likeness (QED) is 0.748. The average molecular weight is 399 g/mol. The van der Waals surface area contributed by atoms with Gasteiger partial charge in [-0.1, -0.05) is 30.7 Å². The number of rotatable bonds is 3. The molecule has 1 N–H and O–H groups in total. The van der Waals surface area contributed by atoms with Gasteiger partial charge in [0.25, 0.3) is 0 Å². The second-order valence-electron chi connectivity index (χ2n) is 7.17. The Morgan fingerprint density at radius 1 is 0.724 bits per heavy atom. The van der Waals surface area contributed by atoms with Gasteiger partial charge in [-0.3, -0.25) is 9.59 Å². The van der Waals surface area contributed by atoms with Crippen LogP contribution in [0, 0.1) is 5.82 Å². The second kappa shape index (κ2) is 13.6. The van der Waals surface area contributed by atoms with Crippen LogP contribution in [0.2, 0.25) is 0 Å². The number of para-hydroxylation sites is 1. The fourth-order valence-corrected chi connectivity index (χ4v) is 3.38. The minimum absolute atomic E-state index is 0.109. The molecular weight excluding hydrogens is 367 g/mol. The third-order valence-electron chi connectivity index (χ3n) is 5.00. The van der Waals surface area contributed by atoms with Crippen LogP contribution in [0.4, 0.5) is 10.1 Å². The third-order valence-corrected chi connectivity index (χ3v) is 5.00. The lowest BCUT2D eigenvalue weighted by Crippen LogP contribution is -2.30. The Hall–Kier alpha value is -2.53. The summed E-state index contributed by atoms with van der Waals surface area (Å²) in [7, 11) is 0. The standard InChI is InChI=1S/C12H15NO.C7H5FO.C5H11N/c14-10-11-6-2-3-7-12(11)13-8-4-1-5-9-13;8-7-4-2-1-3-6(7)5-9;1-2-4-6-5-3-1/h2-3,6-7,10H,1,4-5,8-9H2;1-5H;6H,1-5H2. The Morgan fingerprint density at radius 2 is 1.28 bits per heavy atom. The highest BCUT2D eigenvalue weighted by Crippen LogP contribution is 2.22. The lowest BCUT2D eigenvalue weighted by atomic mass is 10.1. The molecule has 2 fully saturated rings. The van der Waals surface area contributed by atoms with E-state index in [4.69, 9.17) is 0 Å². The molecular formula is C24H31FN2O2. The molecule has 2 aliphatic rings. The number of aldehydes is 2. The summed E-state index contributed by atoms with van der Waals surface area (Å²) in [5, 5.41) is 3.28. The van der Waals surface area contributed by atoms with Gasteiger partial charge < -0.3 is 10.2 Å². The maximum absolute atomic E-state index is 12.4. The first-order valence-corrected chi connectivity index (χ1v) is 10.5. The maximum atomic E-state index is 12.4. The van der Waals surface area contributed by atoms with Crippen molar-refractivity contribution in [2.75, 3.05) is 31.1 Å². The zero-order valence-corrected chi connectivity index (χ0v) is 17.0. The van der Waals surface area contributed by atoms with Crippen LogP contribution in [-0.4, -0.2) is 38.8 Å². The van der Waals surface area contributed by atoms with Crippen LogP contribution >= 0.6 is 0 Å². The summed E-state index contributed by atoms with van der Waals surface area (Å²) in [6, 6.07) is 13.7. The van der Waals surface area contributed by atoms with Gasteiger partial charge in [0.15, 0.2) is 12.6 Å². The van der Waals surface area contributed by atoms with Crippen molar-refractivity contribution in [2.24, 2.45) is 0 Å². The summed E-state index contributed by atoms with van der Waals surface area (Å²) in [4.78, 5) is 23.1. The van der Waals surface area contributed by atoms with Crippen molar-refractivity contribution >= 4 is 18.3 Å². The number of nitrogens with zero attached hydrogens (tertiary/aromatic N) is 1. The van der Waals surface area contributed by atoms with Crippen LogP contribution in [0.5, 0.6) is 0 Å². The van der Waals surface area contributed by atoms with Crippen LogP contribution in [0.25, 0.3) is 0 Å². The van der Waals surface area contributed by atoms with Gasteiger partial charge in [-0.15, -0.1) is 0 Å². The molecule has 2 saturated heterocycles. The van der Waals surface area contributed by atoms with Crippen LogP contribution in [-0.2, 0) is 0 Å². The Labute approximate surface area is 173 Å². The monoisotopic (exact) mass is 398 g/mol. The molecule has 0 amide bonds. The van der Waals surface area contributed by atoms with Gasteiger partial charge in [-0.2, -0.15) is 0 Å². The molecule has 0 bridgehead atoms. The summed E-state index contributed by atoms with van der Waals surface area (Å²) >= 11 is 0. The Balaban J connectivity index is 0.000000171. The van der Waals surface area contributed by atoms with Crippen molar-refractivity contribution in [2.45, 2.75) is 38.5 Å². The summed E-state index contributed by atoms with van der Waals surface area (Å²) in [5.41, 5.74) is 2.02. The van der Waals surface area contributed by atoms with Gasteiger partial charge in [0, 0.05) is 24.3 Å². The molecule has 4 nitrogen and oxygen atoms in total. The van der Waals surface area contributed by atoms with Crippen molar-refractivity contribution in [3.05, 3.63) is 65.5 Å². The van der Waals surface area contributed by atoms with Gasteiger partial charge in [0.05, 0.1) is 5.56 Å². The fraction of sp³-hybridized carbons (Fsp3) is 0.417. The van der Waals surface area contributed by atoms with Crippen molar-refractivity contribution in [1.29, 1.82) is 0 Å². The number of anilines is 1. The lowest BCUT2D eigenvalue weighted by Gasteiger charge is -2.29. The van der Waals surface area contributed by atoms with E-state index < -0.39 is 5.82 Å².